The highest BCUT2D eigenvalue weighted by Gasteiger charge is 2.20. The molecule has 0 radical (unpaired) electrons. The number of ether oxygens (including phenoxy) is 3. The Bertz CT molecular complexity index is 855. The van der Waals surface area contributed by atoms with Crippen LogP contribution >= 0.6 is 0 Å². The second-order valence-corrected chi connectivity index (χ2v) is 7.57. The van der Waals surface area contributed by atoms with Gasteiger partial charge in [-0.1, -0.05) is 17.7 Å². The number of carbonyl (C=O) groups is 1. The monoisotopic (exact) mass is 396 g/mol. The highest BCUT2D eigenvalue weighted by Crippen LogP contribution is 2.35. The van der Waals surface area contributed by atoms with Gasteiger partial charge in [0.2, 0.25) is 6.79 Å². The van der Waals surface area contributed by atoms with E-state index in [1.54, 1.807) is 0 Å². The van der Waals surface area contributed by atoms with Gasteiger partial charge in [0.25, 0.3) is 5.91 Å². The van der Waals surface area contributed by atoms with E-state index in [1.165, 1.54) is 0 Å². The summed E-state index contributed by atoms with van der Waals surface area (Å²) in [4.78, 5) is 17.2. The normalized spacial score (nSPS) is 16.5. The molecule has 6 nitrogen and oxygen atoms in total. The van der Waals surface area contributed by atoms with E-state index in [9.17, 15) is 4.79 Å². The molecule has 0 unspecified atom stereocenters. The molecule has 2 aromatic carbocycles. The van der Waals surface area contributed by atoms with Gasteiger partial charge >= 0.3 is 0 Å². The summed E-state index contributed by atoms with van der Waals surface area (Å²) < 4.78 is 16.6. The highest BCUT2D eigenvalue weighted by atomic mass is 16.7. The third-order valence-corrected chi connectivity index (χ3v) is 5.37. The van der Waals surface area contributed by atoms with Crippen molar-refractivity contribution in [2.45, 2.75) is 19.8 Å². The molecule has 1 saturated heterocycles. The van der Waals surface area contributed by atoms with Gasteiger partial charge in [-0.05, 0) is 50.6 Å². The fourth-order valence-corrected chi connectivity index (χ4v) is 3.80. The summed E-state index contributed by atoms with van der Waals surface area (Å²) in [5.74, 6) is 2.46. The van der Waals surface area contributed by atoms with Crippen LogP contribution in [0.4, 0.5) is 0 Å². The molecule has 0 bridgehead atoms. The minimum absolute atomic E-state index is 0.140. The molecule has 0 N–H and O–H groups in total. The number of hydrogen-bond donors (Lipinski definition) is 0. The number of carbonyl (C=O) groups excluding carboxylic acids is 1. The first-order valence-electron chi connectivity index (χ1n) is 10.3. The Hall–Kier alpha value is -2.73. The molecular weight excluding hydrogens is 368 g/mol. The quantitative estimate of drug-likeness (QED) is 0.701. The first-order chi connectivity index (χ1) is 14.2. The molecule has 0 aromatic heterocycles. The Morgan fingerprint density at radius 2 is 1.93 bits per heavy atom. The van der Waals surface area contributed by atoms with Gasteiger partial charge < -0.3 is 24.0 Å². The SMILES string of the molecule is Cc1cccc(C(=O)N2CCCN(CCCOc3ccc4c(c3)OCO4)CC2)c1. The van der Waals surface area contributed by atoms with Crippen LogP contribution in [-0.2, 0) is 0 Å². The van der Waals surface area contributed by atoms with Crippen molar-refractivity contribution in [3.05, 3.63) is 53.6 Å². The Morgan fingerprint density at radius 3 is 2.83 bits per heavy atom. The fourth-order valence-electron chi connectivity index (χ4n) is 3.80. The second kappa shape index (κ2) is 9.18. The Labute approximate surface area is 172 Å². The maximum absolute atomic E-state index is 12.8. The molecule has 0 saturated carbocycles. The van der Waals surface area contributed by atoms with Crippen LogP contribution in [0.2, 0.25) is 0 Å². The maximum atomic E-state index is 12.8. The van der Waals surface area contributed by atoms with E-state index in [0.717, 1.165) is 73.9 Å². The lowest BCUT2D eigenvalue weighted by molar-refractivity contribution is 0.0761. The summed E-state index contributed by atoms with van der Waals surface area (Å²) in [5, 5.41) is 0. The van der Waals surface area contributed by atoms with Crippen molar-refractivity contribution in [1.29, 1.82) is 0 Å². The molecule has 1 fully saturated rings. The zero-order chi connectivity index (χ0) is 20.1. The maximum Gasteiger partial charge on any atom is 0.253 e. The number of aryl methyl sites for hydroxylation is 1. The lowest BCUT2D eigenvalue weighted by Crippen LogP contribution is -2.35. The van der Waals surface area contributed by atoms with Crippen LogP contribution in [0.15, 0.2) is 42.5 Å². The van der Waals surface area contributed by atoms with Crippen LogP contribution in [0.5, 0.6) is 17.2 Å². The van der Waals surface area contributed by atoms with Crippen molar-refractivity contribution in [3.8, 4) is 17.2 Å². The number of fused-ring (bicyclic) bond motifs is 1. The summed E-state index contributed by atoms with van der Waals surface area (Å²) in [5.41, 5.74) is 1.91. The van der Waals surface area contributed by atoms with Crippen LogP contribution in [0.25, 0.3) is 0 Å². The summed E-state index contributed by atoms with van der Waals surface area (Å²) >= 11 is 0. The minimum Gasteiger partial charge on any atom is -0.493 e. The zero-order valence-electron chi connectivity index (χ0n) is 16.9. The molecule has 2 aliphatic heterocycles. The van der Waals surface area contributed by atoms with E-state index in [0.29, 0.717) is 6.61 Å². The Kier molecular flexibility index (Phi) is 6.20. The van der Waals surface area contributed by atoms with Crippen molar-refractivity contribution in [3.63, 3.8) is 0 Å². The van der Waals surface area contributed by atoms with Crippen LogP contribution < -0.4 is 14.2 Å². The highest BCUT2D eigenvalue weighted by molar-refractivity contribution is 5.94. The van der Waals surface area contributed by atoms with Crippen LogP contribution in [0.1, 0.15) is 28.8 Å². The van der Waals surface area contributed by atoms with Gasteiger partial charge in [0.05, 0.1) is 6.61 Å². The van der Waals surface area contributed by atoms with E-state index in [1.807, 2.05) is 54.3 Å². The third-order valence-electron chi connectivity index (χ3n) is 5.37. The number of rotatable bonds is 6. The summed E-state index contributed by atoms with van der Waals surface area (Å²) in [7, 11) is 0. The average molecular weight is 396 g/mol. The Balaban J connectivity index is 1.20. The van der Waals surface area contributed by atoms with Gasteiger partial charge in [-0.2, -0.15) is 0 Å². The van der Waals surface area contributed by atoms with Gasteiger partial charge in [-0.15, -0.1) is 0 Å². The van der Waals surface area contributed by atoms with Crippen LogP contribution in [0, 0.1) is 6.92 Å². The lowest BCUT2D eigenvalue weighted by atomic mass is 10.1. The third kappa shape index (κ3) is 5.01. The molecule has 2 aromatic rings. The Morgan fingerprint density at radius 1 is 1.03 bits per heavy atom. The van der Waals surface area contributed by atoms with E-state index < -0.39 is 0 Å². The summed E-state index contributed by atoms with van der Waals surface area (Å²) in [6.07, 6.45) is 1.95. The van der Waals surface area contributed by atoms with E-state index >= 15 is 0 Å². The van der Waals surface area contributed by atoms with Gasteiger partial charge in [-0.25, -0.2) is 0 Å². The second-order valence-electron chi connectivity index (χ2n) is 7.57. The van der Waals surface area contributed by atoms with Crippen molar-refractivity contribution in [1.82, 2.24) is 9.80 Å². The largest absolute Gasteiger partial charge is 0.493 e. The number of hydrogen-bond acceptors (Lipinski definition) is 5. The van der Waals surface area contributed by atoms with Crippen molar-refractivity contribution in [2.75, 3.05) is 46.1 Å². The van der Waals surface area contributed by atoms with E-state index in [-0.39, 0.29) is 12.7 Å². The molecule has 6 heteroatoms. The molecule has 0 atom stereocenters. The molecule has 0 aliphatic carbocycles. The number of benzene rings is 2. The molecule has 154 valence electrons. The fraction of sp³-hybridized carbons (Fsp3) is 0.435. The van der Waals surface area contributed by atoms with E-state index in [2.05, 4.69) is 4.90 Å². The molecular formula is C23H28N2O4. The first kappa shape index (κ1) is 19.6. The van der Waals surface area contributed by atoms with Crippen LogP contribution in [0.3, 0.4) is 0 Å². The van der Waals surface area contributed by atoms with Gasteiger partial charge in [0.1, 0.15) is 5.75 Å². The van der Waals surface area contributed by atoms with Gasteiger partial charge in [-0.3, -0.25) is 4.79 Å². The topological polar surface area (TPSA) is 51.2 Å². The van der Waals surface area contributed by atoms with Gasteiger partial charge in [0.15, 0.2) is 11.5 Å². The minimum atomic E-state index is 0.140. The molecule has 2 heterocycles. The van der Waals surface area contributed by atoms with E-state index in [4.69, 9.17) is 14.2 Å². The molecule has 29 heavy (non-hydrogen) atoms. The van der Waals surface area contributed by atoms with Crippen molar-refractivity contribution >= 4 is 5.91 Å². The van der Waals surface area contributed by atoms with Crippen molar-refractivity contribution < 1.29 is 19.0 Å². The van der Waals surface area contributed by atoms with Crippen LogP contribution in [-0.4, -0.2) is 61.8 Å². The average Bonchev–Trinajstić information content (AvgIpc) is 3.07. The number of amides is 1. The summed E-state index contributed by atoms with van der Waals surface area (Å²) in [6.45, 7) is 7.43. The molecule has 2 aliphatic rings. The first-order valence-corrected chi connectivity index (χ1v) is 10.3. The summed E-state index contributed by atoms with van der Waals surface area (Å²) in [6, 6.07) is 13.5. The molecule has 4 rings (SSSR count). The molecule has 1 amide bonds. The predicted octanol–water partition coefficient (Wildman–Crippen LogP) is 3.34. The smallest absolute Gasteiger partial charge is 0.253 e. The predicted molar refractivity (Wildman–Crippen MR) is 111 cm³/mol. The molecule has 0 spiro atoms. The zero-order valence-corrected chi connectivity index (χ0v) is 16.9. The van der Waals surface area contributed by atoms with Gasteiger partial charge in [0, 0.05) is 37.8 Å². The number of nitrogens with zero attached hydrogens (tertiary/aromatic N) is 2. The standard InChI is InChI=1S/C23H28N2O4/c1-18-5-2-6-19(15-18)23(26)25-11-3-9-24(12-13-25)10-4-14-27-20-7-8-21-22(16-20)29-17-28-21/h2,5-8,15-16H,3-4,9-14,17H2,1H3. The lowest BCUT2D eigenvalue weighted by Gasteiger charge is -2.22. The van der Waals surface area contributed by atoms with Crippen molar-refractivity contribution in [2.24, 2.45) is 0 Å².